The molecular formula is C21H25N3O2. The molecule has 26 heavy (non-hydrogen) atoms. The van der Waals surface area contributed by atoms with Gasteiger partial charge in [0.1, 0.15) is 5.82 Å². The zero-order chi connectivity index (χ0) is 18.5. The van der Waals surface area contributed by atoms with Gasteiger partial charge >= 0.3 is 0 Å². The molecule has 0 aliphatic carbocycles. The fourth-order valence-electron chi connectivity index (χ4n) is 3.13. The van der Waals surface area contributed by atoms with Crippen LogP contribution in [0.4, 0.5) is 0 Å². The summed E-state index contributed by atoms with van der Waals surface area (Å²) in [5.41, 5.74) is 3.63. The zero-order valence-electron chi connectivity index (χ0n) is 15.5. The van der Waals surface area contributed by atoms with Crippen LogP contribution >= 0.6 is 0 Å². The number of nitrogens with zero attached hydrogens (tertiary/aromatic N) is 2. The molecule has 0 fully saturated rings. The molecule has 3 aromatic rings. The van der Waals surface area contributed by atoms with Crippen molar-refractivity contribution in [3.8, 4) is 0 Å². The second kappa shape index (κ2) is 8.15. The summed E-state index contributed by atoms with van der Waals surface area (Å²) in [5, 5.41) is 3.08. The zero-order valence-corrected chi connectivity index (χ0v) is 15.5. The molecule has 1 N–H and O–H groups in total. The number of hydrogen-bond acceptors (Lipinski definition) is 3. The van der Waals surface area contributed by atoms with E-state index in [0.29, 0.717) is 25.3 Å². The van der Waals surface area contributed by atoms with Crippen molar-refractivity contribution in [1.29, 1.82) is 0 Å². The van der Waals surface area contributed by atoms with E-state index >= 15 is 0 Å². The SMILES string of the molecule is CCOCCn1c(C(C)NC(=O)c2ccccc2C)nc2ccccc21. The standard InChI is InChI=1S/C21H25N3O2/c1-4-26-14-13-24-19-12-8-7-11-18(19)23-20(24)16(3)22-21(25)17-10-6-5-9-15(17)2/h5-12,16H,4,13-14H2,1-3H3,(H,22,25). The maximum absolute atomic E-state index is 12.7. The van der Waals surface area contributed by atoms with Crippen molar-refractivity contribution in [2.75, 3.05) is 13.2 Å². The quantitative estimate of drug-likeness (QED) is 0.657. The van der Waals surface area contributed by atoms with Crippen LogP contribution in [-0.4, -0.2) is 28.7 Å². The Morgan fingerprint density at radius 1 is 1.19 bits per heavy atom. The van der Waals surface area contributed by atoms with E-state index in [1.165, 1.54) is 0 Å². The van der Waals surface area contributed by atoms with E-state index < -0.39 is 0 Å². The molecule has 5 nitrogen and oxygen atoms in total. The molecule has 2 aromatic carbocycles. The molecule has 0 saturated heterocycles. The minimum Gasteiger partial charge on any atom is -0.380 e. The highest BCUT2D eigenvalue weighted by Gasteiger charge is 2.19. The topological polar surface area (TPSA) is 56.1 Å². The van der Waals surface area contributed by atoms with Crippen molar-refractivity contribution in [2.45, 2.75) is 33.4 Å². The first-order valence-electron chi connectivity index (χ1n) is 9.01. The van der Waals surface area contributed by atoms with Crippen LogP contribution in [0.15, 0.2) is 48.5 Å². The van der Waals surface area contributed by atoms with Gasteiger partial charge in [0.05, 0.1) is 23.7 Å². The van der Waals surface area contributed by atoms with Gasteiger partial charge in [0.2, 0.25) is 0 Å². The molecule has 3 rings (SSSR count). The van der Waals surface area contributed by atoms with Crippen LogP contribution in [0, 0.1) is 6.92 Å². The predicted molar refractivity (Wildman–Crippen MR) is 103 cm³/mol. The molecule has 5 heteroatoms. The number of benzene rings is 2. The lowest BCUT2D eigenvalue weighted by atomic mass is 10.1. The minimum atomic E-state index is -0.212. The summed E-state index contributed by atoms with van der Waals surface area (Å²) < 4.78 is 7.65. The van der Waals surface area contributed by atoms with Crippen molar-refractivity contribution >= 4 is 16.9 Å². The fraction of sp³-hybridized carbons (Fsp3) is 0.333. The van der Waals surface area contributed by atoms with Gasteiger partial charge in [-0.1, -0.05) is 30.3 Å². The van der Waals surface area contributed by atoms with Crippen molar-refractivity contribution in [3.05, 3.63) is 65.5 Å². The van der Waals surface area contributed by atoms with Gasteiger partial charge in [-0.25, -0.2) is 4.98 Å². The number of fused-ring (bicyclic) bond motifs is 1. The Labute approximate surface area is 154 Å². The first kappa shape index (κ1) is 18.1. The number of aromatic nitrogens is 2. The Morgan fingerprint density at radius 3 is 2.69 bits per heavy atom. The number of nitrogens with one attached hydrogen (secondary N) is 1. The highest BCUT2D eigenvalue weighted by molar-refractivity contribution is 5.95. The lowest BCUT2D eigenvalue weighted by Gasteiger charge is -2.17. The van der Waals surface area contributed by atoms with Gasteiger partial charge in [0.15, 0.2) is 0 Å². The monoisotopic (exact) mass is 351 g/mol. The van der Waals surface area contributed by atoms with Crippen LogP contribution in [0.1, 0.15) is 41.6 Å². The van der Waals surface area contributed by atoms with E-state index in [2.05, 4.69) is 9.88 Å². The normalized spacial score (nSPS) is 12.3. The van der Waals surface area contributed by atoms with E-state index in [1.54, 1.807) is 0 Å². The number of hydrogen-bond donors (Lipinski definition) is 1. The smallest absolute Gasteiger partial charge is 0.252 e. The molecule has 1 unspecified atom stereocenters. The molecule has 0 bridgehead atoms. The first-order chi connectivity index (χ1) is 12.6. The van der Waals surface area contributed by atoms with E-state index in [-0.39, 0.29) is 11.9 Å². The van der Waals surface area contributed by atoms with Crippen molar-refractivity contribution < 1.29 is 9.53 Å². The average molecular weight is 351 g/mol. The van der Waals surface area contributed by atoms with Gasteiger partial charge in [-0.05, 0) is 44.5 Å². The fourth-order valence-corrected chi connectivity index (χ4v) is 3.13. The van der Waals surface area contributed by atoms with Crippen LogP contribution in [0.5, 0.6) is 0 Å². The van der Waals surface area contributed by atoms with E-state index in [1.807, 2.05) is 69.3 Å². The van der Waals surface area contributed by atoms with Gasteiger partial charge in [-0.15, -0.1) is 0 Å². The molecule has 1 amide bonds. The first-order valence-corrected chi connectivity index (χ1v) is 9.01. The third kappa shape index (κ3) is 3.78. The largest absolute Gasteiger partial charge is 0.380 e. The van der Waals surface area contributed by atoms with E-state index in [0.717, 1.165) is 22.4 Å². The minimum absolute atomic E-state index is 0.0842. The van der Waals surface area contributed by atoms with Crippen LogP contribution < -0.4 is 5.32 Å². The summed E-state index contributed by atoms with van der Waals surface area (Å²) in [6, 6.07) is 15.4. The molecule has 0 aliphatic heterocycles. The van der Waals surface area contributed by atoms with Gasteiger partial charge in [0, 0.05) is 18.7 Å². The summed E-state index contributed by atoms with van der Waals surface area (Å²) in [4.78, 5) is 17.4. The Hall–Kier alpha value is -2.66. The number of carbonyl (C=O) groups excluding carboxylic acids is 1. The maximum atomic E-state index is 12.7. The van der Waals surface area contributed by atoms with Gasteiger partial charge in [-0.3, -0.25) is 4.79 Å². The van der Waals surface area contributed by atoms with E-state index in [9.17, 15) is 4.79 Å². The van der Waals surface area contributed by atoms with Crippen LogP contribution in [-0.2, 0) is 11.3 Å². The summed E-state index contributed by atoms with van der Waals surface area (Å²) >= 11 is 0. The summed E-state index contributed by atoms with van der Waals surface area (Å²) in [6.45, 7) is 7.89. The molecule has 1 aromatic heterocycles. The second-order valence-corrected chi connectivity index (χ2v) is 6.32. The third-order valence-corrected chi connectivity index (χ3v) is 4.47. The van der Waals surface area contributed by atoms with Gasteiger partial charge in [-0.2, -0.15) is 0 Å². The molecule has 0 radical (unpaired) electrons. The van der Waals surface area contributed by atoms with Crippen LogP contribution in [0.3, 0.4) is 0 Å². The van der Waals surface area contributed by atoms with Gasteiger partial charge in [0.25, 0.3) is 5.91 Å². The highest BCUT2D eigenvalue weighted by atomic mass is 16.5. The van der Waals surface area contributed by atoms with Crippen molar-refractivity contribution in [3.63, 3.8) is 0 Å². The number of rotatable bonds is 7. The van der Waals surface area contributed by atoms with Crippen LogP contribution in [0.2, 0.25) is 0 Å². The summed E-state index contributed by atoms with van der Waals surface area (Å²) in [7, 11) is 0. The third-order valence-electron chi connectivity index (χ3n) is 4.47. The molecule has 0 saturated carbocycles. The Kier molecular flexibility index (Phi) is 5.68. The summed E-state index contributed by atoms with van der Waals surface area (Å²) in [5.74, 6) is 0.756. The van der Waals surface area contributed by atoms with E-state index in [4.69, 9.17) is 9.72 Å². The molecule has 136 valence electrons. The molecule has 1 atom stereocenters. The number of para-hydroxylation sites is 2. The Balaban J connectivity index is 1.87. The molecule has 0 spiro atoms. The Morgan fingerprint density at radius 2 is 1.92 bits per heavy atom. The summed E-state index contributed by atoms with van der Waals surface area (Å²) in [6.07, 6.45) is 0. The number of aryl methyl sites for hydroxylation is 1. The number of ether oxygens (including phenoxy) is 1. The Bertz CT molecular complexity index is 901. The average Bonchev–Trinajstić information content (AvgIpc) is 3.01. The number of imidazole rings is 1. The van der Waals surface area contributed by atoms with Gasteiger partial charge < -0.3 is 14.6 Å². The number of carbonyl (C=O) groups is 1. The number of amides is 1. The predicted octanol–water partition coefficient (Wildman–Crippen LogP) is 3.87. The molecule has 0 aliphatic rings. The van der Waals surface area contributed by atoms with Crippen molar-refractivity contribution in [1.82, 2.24) is 14.9 Å². The lowest BCUT2D eigenvalue weighted by Crippen LogP contribution is -2.29. The second-order valence-electron chi connectivity index (χ2n) is 6.32. The highest BCUT2D eigenvalue weighted by Crippen LogP contribution is 2.21. The van der Waals surface area contributed by atoms with Crippen molar-refractivity contribution in [2.24, 2.45) is 0 Å². The molecular weight excluding hydrogens is 326 g/mol. The molecule has 1 heterocycles. The lowest BCUT2D eigenvalue weighted by molar-refractivity contribution is 0.0936. The van der Waals surface area contributed by atoms with Crippen LogP contribution in [0.25, 0.3) is 11.0 Å². The maximum Gasteiger partial charge on any atom is 0.252 e.